The molecule has 1 unspecified atom stereocenters. The Morgan fingerprint density at radius 3 is 2.87 bits per heavy atom. The first-order valence-corrected chi connectivity index (χ1v) is 5.10. The highest BCUT2D eigenvalue weighted by Crippen LogP contribution is 2.34. The van der Waals surface area contributed by atoms with Crippen LogP contribution in [0.4, 0.5) is 5.69 Å². The minimum absolute atomic E-state index is 0.103. The lowest BCUT2D eigenvalue weighted by Crippen LogP contribution is -2.33. The molecule has 1 aromatic carbocycles. The van der Waals surface area contributed by atoms with Gasteiger partial charge in [0.1, 0.15) is 5.75 Å². The van der Waals surface area contributed by atoms with Crippen LogP contribution >= 0.6 is 0 Å². The highest BCUT2D eigenvalue weighted by Gasteiger charge is 2.28. The fourth-order valence-corrected chi connectivity index (χ4v) is 2.21. The summed E-state index contributed by atoms with van der Waals surface area (Å²) >= 11 is 0. The smallest absolute Gasteiger partial charge is 0.224 e. The van der Waals surface area contributed by atoms with Gasteiger partial charge in [-0.1, -0.05) is 0 Å². The van der Waals surface area contributed by atoms with Crippen molar-refractivity contribution in [2.45, 2.75) is 26.3 Å². The van der Waals surface area contributed by atoms with Crippen LogP contribution in [0.5, 0.6) is 5.75 Å². The van der Waals surface area contributed by atoms with Gasteiger partial charge in [-0.25, -0.2) is 0 Å². The second-order valence-corrected chi connectivity index (χ2v) is 3.94. The van der Waals surface area contributed by atoms with Crippen molar-refractivity contribution in [2.24, 2.45) is 0 Å². The van der Waals surface area contributed by atoms with Gasteiger partial charge in [0.25, 0.3) is 0 Å². The highest BCUT2D eigenvalue weighted by atomic mass is 16.5. The van der Waals surface area contributed by atoms with Crippen molar-refractivity contribution in [3.8, 4) is 5.75 Å². The van der Waals surface area contributed by atoms with Gasteiger partial charge in [-0.3, -0.25) is 4.79 Å². The summed E-state index contributed by atoms with van der Waals surface area (Å²) in [4.78, 5) is 13.3. The predicted molar refractivity (Wildman–Crippen MR) is 59.3 cm³/mol. The number of amides is 1. The van der Waals surface area contributed by atoms with Gasteiger partial charge in [0.2, 0.25) is 5.91 Å². The molecule has 0 fully saturated rings. The molecule has 0 spiro atoms. The van der Waals surface area contributed by atoms with Crippen molar-refractivity contribution < 1.29 is 9.53 Å². The van der Waals surface area contributed by atoms with Crippen molar-refractivity contribution >= 4 is 11.6 Å². The number of anilines is 1. The van der Waals surface area contributed by atoms with Gasteiger partial charge in [-0.2, -0.15) is 0 Å². The summed E-state index contributed by atoms with van der Waals surface area (Å²) in [6.07, 6.45) is 0.909. The lowest BCUT2D eigenvalue weighted by molar-refractivity contribution is -0.116. The molecule has 1 heterocycles. The summed E-state index contributed by atoms with van der Waals surface area (Å²) in [5.41, 5.74) is 2.22. The Balaban J connectivity index is 2.43. The number of fused-ring (bicyclic) bond motifs is 1. The average molecular weight is 205 g/mol. The molecule has 3 heteroatoms. The fourth-order valence-electron chi connectivity index (χ4n) is 2.21. The molecule has 1 amide bonds. The zero-order valence-electron chi connectivity index (χ0n) is 9.28. The molecule has 80 valence electrons. The zero-order valence-corrected chi connectivity index (χ0v) is 9.28. The monoisotopic (exact) mass is 205 g/mol. The standard InChI is InChI=1S/C12H15NO2/c1-8-6-10-7-11(15-3)4-5-12(10)13(8)9(2)14/h4-5,7-8H,6H2,1-3H3. The first-order valence-electron chi connectivity index (χ1n) is 5.10. The molecule has 0 bridgehead atoms. The quantitative estimate of drug-likeness (QED) is 0.701. The van der Waals surface area contributed by atoms with Crippen LogP contribution in [-0.2, 0) is 11.2 Å². The summed E-state index contributed by atoms with van der Waals surface area (Å²) in [5, 5.41) is 0. The Kier molecular flexibility index (Phi) is 2.39. The number of ether oxygens (including phenoxy) is 1. The van der Waals surface area contributed by atoms with Gasteiger partial charge in [-0.15, -0.1) is 0 Å². The summed E-state index contributed by atoms with van der Waals surface area (Å²) in [6.45, 7) is 3.67. The minimum atomic E-state index is 0.103. The van der Waals surface area contributed by atoms with E-state index < -0.39 is 0 Å². The van der Waals surface area contributed by atoms with Crippen molar-refractivity contribution in [1.82, 2.24) is 0 Å². The van der Waals surface area contributed by atoms with Crippen LogP contribution < -0.4 is 9.64 Å². The van der Waals surface area contributed by atoms with Crippen LogP contribution in [0.2, 0.25) is 0 Å². The van der Waals surface area contributed by atoms with E-state index in [0.717, 1.165) is 17.9 Å². The molecule has 15 heavy (non-hydrogen) atoms. The average Bonchev–Trinajstić information content (AvgIpc) is 2.52. The molecule has 2 rings (SSSR count). The molecule has 3 nitrogen and oxygen atoms in total. The number of hydrogen-bond donors (Lipinski definition) is 0. The van der Waals surface area contributed by atoms with Crippen molar-refractivity contribution in [2.75, 3.05) is 12.0 Å². The Morgan fingerprint density at radius 1 is 1.53 bits per heavy atom. The van der Waals surface area contributed by atoms with E-state index in [0.29, 0.717) is 0 Å². The maximum absolute atomic E-state index is 11.5. The summed E-state index contributed by atoms with van der Waals surface area (Å²) in [6, 6.07) is 6.12. The zero-order chi connectivity index (χ0) is 11.0. The molecule has 0 saturated carbocycles. The van der Waals surface area contributed by atoms with Crippen LogP contribution in [0.15, 0.2) is 18.2 Å². The van der Waals surface area contributed by atoms with Crippen molar-refractivity contribution in [3.63, 3.8) is 0 Å². The van der Waals surface area contributed by atoms with E-state index >= 15 is 0 Å². The normalized spacial score (nSPS) is 18.9. The number of nitrogens with zero attached hydrogens (tertiary/aromatic N) is 1. The molecule has 0 N–H and O–H groups in total. The summed E-state index contributed by atoms with van der Waals surface area (Å²) in [7, 11) is 1.66. The first kappa shape index (κ1) is 10.0. The third kappa shape index (κ3) is 1.58. The van der Waals surface area contributed by atoms with Crippen LogP contribution in [-0.4, -0.2) is 19.1 Å². The highest BCUT2D eigenvalue weighted by molar-refractivity contribution is 5.94. The van der Waals surface area contributed by atoms with Gasteiger partial charge < -0.3 is 9.64 Å². The number of carbonyl (C=O) groups is 1. The second kappa shape index (κ2) is 3.57. The fraction of sp³-hybridized carbons (Fsp3) is 0.417. The van der Waals surface area contributed by atoms with Gasteiger partial charge in [-0.05, 0) is 37.1 Å². The Hall–Kier alpha value is -1.51. The van der Waals surface area contributed by atoms with E-state index in [1.807, 2.05) is 23.1 Å². The molecule has 1 aliphatic heterocycles. The van der Waals surface area contributed by atoms with Gasteiger partial charge in [0.15, 0.2) is 0 Å². The second-order valence-electron chi connectivity index (χ2n) is 3.94. The number of methoxy groups -OCH3 is 1. The van der Waals surface area contributed by atoms with Crippen LogP contribution in [0.1, 0.15) is 19.4 Å². The van der Waals surface area contributed by atoms with E-state index in [1.54, 1.807) is 14.0 Å². The Bertz CT molecular complexity index is 401. The molecule has 0 saturated heterocycles. The lowest BCUT2D eigenvalue weighted by atomic mass is 10.1. The van der Waals surface area contributed by atoms with Crippen LogP contribution in [0.25, 0.3) is 0 Å². The minimum Gasteiger partial charge on any atom is -0.497 e. The SMILES string of the molecule is COc1ccc2c(c1)CC(C)N2C(C)=O. The molecule has 0 aromatic heterocycles. The van der Waals surface area contributed by atoms with E-state index in [-0.39, 0.29) is 11.9 Å². The van der Waals surface area contributed by atoms with Crippen LogP contribution in [0.3, 0.4) is 0 Å². The molecule has 1 aromatic rings. The van der Waals surface area contributed by atoms with Crippen molar-refractivity contribution in [1.29, 1.82) is 0 Å². The predicted octanol–water partition coefficient (Wildman–Crippen LogP) is 1.99. The lowest BCUT2D eigenvalue weighted by Gasteiger charge is -2.20. The Morgan fingerprint density at radius 2 is 2.27 bits per heavy atom. The molecule has 1 aliphatic rings. The molecule has 0 aliphatic carbocycles. The van der Waals surface area contributed by atoms with E-state index in [2.05, 4.69) is 6.92 Å². The largest absolute Gasteiger partial charge is 0.497 e. The maximum atomic E-state index is 11.5. The summed E-state index contributed by atoms with van der Waals surface area (Å²) in [5.74, 6) is 0.956. The molecule has 0 radical (unpaired) electrons. The molecular weight excluding hydrogens is 190 g/mol. The van der Waals surface area contributed by atoms with Crippen LogP contribution in [0, 0.1) is 0 Å². The number of rotatable bonds is 1. The van der Waals surface area contributed by atoms with Gasteiger partial charge >= 0.3 is 0 Å². The number of benzene rings is 1. The third-order valence-electron chi connectivity index (χ3n) is 2.84. The number of carbonyl (C=O) groups excluding carboxylic acids is 1. The third-order valence-corrected chi connectivity index (χ3v) is 2.84. The van der Waals surface area contributed by atoms with Gasteiger partial charge in [0.05, 0.1) is 7.11 Å². The van der Waals surface area contributed by atoms with E-state index in [4.69, 9.17) is 4.74 Å². The maximum Gasteiger partial charge on any atom is 0.224 e. The number of hydrogen-bond acceptors (Lipinski definition) is 2. The molecule has 1 atom stereocenters. The Labute approximate surface area is 89.7 Å². The topological polar surface area (TPSA) is 29.5 Å². The molecular formula is C12H15NO2. The van der Waals surface area contributed by atoms with Crippen molar-refractivity contribution in [3.05, 3.63) is 23.8 Å². The summed E-state index contributed by atoms with van der Waals surface area (Å²) < 4.78 is 5.17. The van der Waals surface area contributed by atoms with E-state index in [9.17, 15) is 4.79 Å². The van der Waals surface area contributed by atoms with Gasteiger partial charge in [0, 0.05) is 18.7 Å². The first-order chi connectivity index (χ1) is 7.13. The van der Waals surface area contributed by atoms with E-state index in [1.165, 1.54) is 5.56 Å².